The zero-order chi connectivity index (χ0) is 31.9. The van der Waals surface area contributed by atoms with E-state index in [9.17, 15) is 9.90 Å². The Morgan fingerprint density at radius 1 is 0.935 bits per heavy atom. The minimum atomic E-state index is -0.0833. The minimum absolute atomic E-state index is 0.0833. The summed E-state index contributed by atoms with van der Waals surface area (Å²) in [5, 5.41) is 16.5. The first-order valence-corrected chi connectivity index (χ1v) is 15.6. The fraction of sp³-hybridized carbons (Fsp3) is 0.306. The Hall–Kier alpha value is -5.11. The molecule has 0 saturated carbocycles. The van der Waals surface area contributed by atoms with Crippen LogP contribution in [0.4, 0.5) is 28.8 Å². The summed E-state index contributed by atoms with van der Waals surface area (Å²) < 4.78 is 5.80. The number of aldehydes is 1. The van der Waals surface area contributed by atoms with Crippen molar-refractivity contribution >= 4 is 35.1 Å². The molecular formula is C36H39N7O3. The maximum absolute atomic E-state index is 11.3. The van der Waals surface area contributed by atoms with Gasteiger partial charge in [-0.2, -0.15) is 4.98 Å². The highest BCUT2D eigenvalue weighted by Crippen LogP contribution is 2.33. The summed E-state index contributed by atoms with van der Waals surface area (Å²) in [6.45, 7) is 6.67. The van der Waals surface area contributed by atoms with Gasteiger partial charge in [0.25, 0.3) is 0 Å². The third-order valence-electron chi connectivity index (χ3n) is 8.64. The van der Waals surface area contributed by atoms with E-state index in [-0.39, 0.29) is 11.3 Å². The fourth-order valence-corrected chi connectivity index (χ4v) is 5.93. The Kier molecular flexibility index (Phi) is 9.62. The van der Waals surface area contributed by atoms with Gasteiger partial charge in [0.05, 0.1) is 30.1 Å². The highest BCUT2D eigenvalue weighted by molar-refractivity contribution is 5.80. The lowest BCUT2D eigenvalue weighted by Gasteiger charge is -2.42. The Balaban J connectivity index is 1.19. The summed E-state index contributed by atoms with van der Waals surface area (Å²) in [5.74, 6) is 7.68. The molecule has 0 unspecified atom stereocenters. The van der Waals surface area contributed by atoms with Gasteiger partial charge in [0.2, 0.25) is 5.95 Å². The Bertz CT molecular complexity index is 1720. The summed E-state index contributed by atoms with van der Waals surface area (Å²) in [4.78, 5) is 28.1. The second-order valence-electron chi connectivity index (χ2n) is 11.7. The zero-order valence-electron chi connectivity index (χ0n) is 26.2. The number of carbonyl (C=O) groups is 1. The average molecular weight is 618 g/mol. The molecule has 236 valence electrons. The van der Waals surface area contributed by atoms with E-state index in [2.05, 4.69) is 61.3 Å². The smallest absolute Gasteiger partial charge is 0.229 e. The number of phenols is 1. The number of anilines is 5. The molecule has 6 rings (SSSR count). The van der Waals surface area contributed by atoms with Crippen molar-refractivity contribution in [2.24, 2.45) is 0 Å². The quantitative estimate of drug-likeness (QED) is 0.183. The Labute approximate surface area is 270 Å². The van der Waals surface area contributed by atoms with E-state index < -0.39 is 0 Å². The third kappa shape index (κ3) is 7.40. The van der Waals surface area contributed by atoms with E-state index >= 15 is 0 Å². The number of piperidine rings is 1. The molecule has 3 N–H and O–H groups in total. The normalized spacial score (nSPS) is 15.9. The van der Waals surface area contributed by atoms with Crippen LogP contribution in [0.25, 0.3) is 0 Å². The number of ether oxygens (including phenoxy) is 1. The van der Waals surface area contributed by atoms with Gasteiger partial charge < -0.3 is 30.3 Å². The van der Waals surface area contributed by atoms with Crippen molar-refractivity contribution in [3.8, 4) is 23.3 Å². The molecule has 3 aromatic carbocycles. The molecule has 2 saturated heterocycles. The van der Waals surface area contributed by atoms with Crippen molar-refractivity contribution in [1.29, 1.82) is 0 Å². The lowest BCUT2D eigenvalue weighted by molar-refractivity contribution is 0.0982. The molecule has 2 aliphatic heterocycles. The van der Waals surface area contributed by atoms with Crippen molar-refractivity contribution in [2.75, 3.05) is 69.0 Å². The standard InChI is InChI=1S/C36H39N7O3/c1-41-18-20-43(21-19-41)30-14-16-42(17-15-30)31-11-12-32(34(23-31)46-2)39-36-37-24-27(35(40-36)38-29-6-4-3-5-7-29)10-8-26-9-13-33(45)28(22-26)25-44/h3-7,9,11-13,22-25,30,45H,14-21H2,1-2H3,(H2,37,38,39,40). The lowest BCUT2D eigenvalue weighted by atomic mass is 10.0. The largest absolute Gasteiger partial charge is 0.507 e. The number of carbonyl (C=O) groups excluding carboxylic acids is 1. The van der Waals surface area contributed by atoms with Gasteiger partial charge in [0.1, 0.15) is 11.5 Å². The first kappa shape index (κ1) is 30.9. The number of hydrogen-bond acceptors (Lipinski definition) is 10. The number of para-hydroxylation sites is 1. The van der Waals surface area contributed by atoms with Crippen LogP contribution >= 0.6 is 0 Å². The van der Waals surface area contributed by atoms with E-state index in [4.69, 9.17) is 9.72 Å². The second kappa shape index (κ2) is 14.3. The Morgan fingerprint density at radius 2 is 1.72 bits per heavy atom. The number of aromatic nitrogens is 2. The van der Waals surface area contributed by atoms with Crippen molar-refractivity contribution in [3.63, 3.8) is 0 Å². The van der Waals surface area contributed by atoms with E-state index in [1.165, 1.54) is 6.07 Å². The molecule has 0 amide bonds. The predicted molar refractivity (Wildman–Crippen MR) is 182 cm³/mol. The van der Waals surface area contributed by atoms with Crippen molar-refractivity contribution in [3.05, 3.63) is 89.6 Å². The molecule has 1 aromatic heterocycles. The molecule has 4 aromatic rings. The number of likely N-dealkylation sites (N-methyl/N-ethyl adjacent to an activating group) is 1. The summed E-state index contributed by atoms with van der Waals surface area (Å²) >= 11 is 0. The Morgan fingerprint density at radius 3 is 2.46 bits per heavy atom. The van der Waals surface area contributed by atoms with Crippen molar-refractivity contribution < 1.29 is 14.6 Å². The molecular weight excluding hydrogens is 578 g/mol. The zero-order valence-corrected chi connectivity index (χ0v) is 26.2. The van der Waals surface area contributed by atoms with Crippen molar-refractivity contribution in [2.45, 2.75) is 18.9 Å². The summed E-state index contributed by atoms with van der Waals surface area (Å²) in [6.07, 6.45) is 4.58. The number of nitrogens with one attached hydrogen (secondary N) is 2. The highest BCUT2D eigenvalue weighted by Gasteiger charge is 2.27. The van der Waals surface area contributed by atoms with Gasteiger partial charge in [0.15, 0.2) is 12.1 Å². The van der Waals surface area contributed by atoms with E-state index in [0.29, 0.717) is 41.0 Å². The van der Waals surface area contributed by atoms with Gasteiger partial charge >= 0.3 is 0 Å². The van der Waals surface area contributed by atoms with Gasteiger partial charge in [-0.3, -0.25) is 9.69 Å². The fourth-order valence-electron chi connectivity index (χ4n) is 5.93. The van der Waals surface area contributed by atoms with Gasteiger partial charge in [-0.1, -0.05) is 30.0 Å². The van der Waals surface area contributed by atoms with Crippen LogP contribution in [0, 0.1) is 11.8 Å². The lowest BCUT2D eigenvalue weighted by Crippen LogP contribution is -2.52. The van der Waals surface area contributed by atoms with Crippen LogP contribution in [0.2, 0.25) is 0 Å². The van der Waals surface area contributed by atoms with Crippen LogP contribution < -0.4 is 20.3 Å². The summed E-state index contributed by atoms with van der Waals surface area (Å²) in [6, 6.07) is 21.2. The van der Waals surface area contributed by atoms with E-state index in [1.54, 1.807) is 25.4 Å². The second-order valence-corrected chi connectivity index (χ2v) is 11.7. The number of piperazine rings is 1. The number of phenolic OH excluding ortho intramolecular Hbond substituents is 1. The van der Waals surface area contributed by atoms with Crippen LogP contribution in [0.15, 0.2) is 72.9 Å². The SMILES string of the molecule is COc1cc(N2CCC(N3CCN(C)CC3)CC2)ccc1Nc1ncc(C#Cc2ccc(O)c(C=O)c2)c(Nc2ccccc2)n1. The molecule has 2 fully saturated rings. The van der Waals surface area contributed by atoms with E-state index in [1.807, 2.05) is 36.4 Å². The molecule has 0 aliphatic carbocycles. The number of hydrogen-bond donors (Lipinski definition) is 3. The average Bonchev–Trinajstić information content (AvgIpc) is 3.09. The third-order valence-corrected chi connectivity index (χ3v) is 8.64. The van der Waals surface area contributed by atoms with E-state index in [0.717, 1.165) is 69.2 Å². The van der Waals surface area contributed by atoms with Gasteiger partial charge in [0, 0.05) is 68.3 Å². The van der Waals surface area contributed by atoms with Crippen LogP contribution in [-0.2, 0) is 0 Å². The number of nitrogens with zero attached hydrogens (tertiary/aromatic N) is 5. The molecule has 0 radical (unpaired) electrons. The number of benzene rings is 3. The first-order chi connectivity index (χ1) is 22.5. The molecule has 3 heterocycles. The van der Waals surface area contributed by atoms with Crippen LogP contribution in [-0.4, -0.2) is 90.6 Å². The van der Waals surface area contributed by atoms with Crippen LogP contribution in [0.1, 0.15) is 34.3 Å². The molecule has 2 aliphatic rings. The minimum Gasteiger partial charge on any atom is -0.507 e. The molecule has 0 spiro atoms. The first-order valence-electron chi connectivity index (χ1n) is 15.6. The van der Waals surface area contributed by atoms with Crippen LogP contribution in [0.5, 0.6) is 11.5 Å². The number of aromatic hydroxyl groups is 1. The molecule has 10 heteroatoms. The molecule has 46 heavy (non-hydrogen) atoms. The monoisotopic (exact) mass is 617 g/mol. The maximum atomic E-state index is 11.3. The molecule has 0 bridgehead atoms. The van der Waals surface area contributed by atoms with Gasteiger partial charge in [-0.15, -0.1) is 0 Å². The van der Waals surface area contributed by atoms with Crippen LogP contribution in [0.3, 0.4) is 0 Å². The molecule has 0 atom stereocenters. The number of methoxy groups -OCH3 is 1. The predicted octanol–water partition coefficient (Wildman–Crippen LogP) is 5.11. The van der Waals surface area contributed by atoms with Gasteiger partial charge in [-0.05, 0) is 62.4 Å². The topological polar surface area (TPSA) is 106 Å². The highest BCUT2D eigenvalue weighted by atomic mass is 16.5. The summed E-state index contributed by atoms with van der Waals surface area (Å²) in [5.41, 5.74) is 4.08. The number of rotatable bonds is 8. The maximum Gasteiger partial charge on any atom is 0.229 e. The molecule has 10 nitrogen and oxygen atoms in total. The van der Waals surface area contributed by atoms with Gasteiger partial charge in [-0.25, -0.2) is 4.98 Å². The van der Waals surface area contributed by atoms with Crippen molar-refractivity contribution in [1.82, 2.24) is 19.8 Å². The summed E-state index contributed by atoms with van der Waals surface area (Å²) in [7, 11) is 3.88.